The second-order valence-electron chi connectivity index (χ2n) is 6.83. The Bertz CT molecular complexity index is 670. The van der Waals surface area contributed by atoms with E-state index in [2.05, 4.69) is 9.89 Å². The van der Waals surface area contributed by atoms with E-state index in [0.29, 0.717) is 12.0 Å². The SMILES string of the molecule is COC1CN([C@@H](CO)CCCC2CC(C)=C(S(=O)(=O)NC(N)=O)C=N2)C1. The number of dihydropyridines is 1. The Morgan fingerprint density at radius 1 is 1.54 bits per heavy atom. The lowest BCUT2D eigenvalue weighted by Crippen LogP contribution is -2.57. The van der Waals surface area contributed by atoms with Crippen molar-refractivity contribution in [1.82, 2.24) is 9.62 Å². The molecular weight excluding hydrogens is 360 g/mol. The molecule has 0 radical (unpaired) electrons. The van der Waals surface area contributed by atoms with Crippen LogP contribution in [-0.4, -0.2) is 75.7 Å². The van der Waals surface area contributed by atoms with E-state index in [0.717, 1.165) is 32.4 Å². The molecule has 0 saturated carbocycles. The zero-order valence-corrected chi connectivity index (χ0v) is 16.0. The lowest BCUT2D eigenvalue weighted by atomic mass is 9.97. The normalized spacial score (nSPS) is 23.0. The minimum absolute atomic E-state index is 0.00462. The van der Waals surface area contributed by atoms with Gasteiger partial charge in [0.25, 0.3) is 10.0 Å². The molecular formula is C16H28N4O5S. The molecule has 4 N–H and O–H groups in total. The Morgan fingerprint density at radius 3 is 2.77 bits per heavy atom. The summed E-state index contributed by atoms with van der Waals surface area (Å²) in [4.78, 5) is 17.3. The van der Waals surface area contributed by atoms with Gasteiger partial charge < -0.3 is 15.6 Å². The summed E-state index contributed by atoms with van der Waals surface area (Å²) in [5.74, 6) is 0. The Labute approximate surface area is 154 Å². The number of primary amides is 1. The molecule has 2 aliphatic heterocycles. The first-order valence-electron chi connectivity index (χ1n) is 8.69. The van der Waals surface area contributed by atoms with Gasteiger partial charge in [0.15, 0.2) is 0 Å². The molecule has 0 aliphatic carbocycles. The van der Waals surface area contributed by atoms with E-state index in [1.807, 2.05) is 0 Å². The van der Waals surface area contributed by atoms with Crippen molar-refractivity contribution >= 4 is 22.3 Å². The molecule has 2 heterocycles. The molecule has 1 unspecified atom stereocenters. The average Bonchev–Trinajstić information content (AvgIpc) is 2.50. The number of nitrogens with zero attached hydrogens (tertiary/aromatic N) is 2. The van der Waals surface area contributed by atoms with E-state index >= 15 is 0 Å². The summed E-state index contributed by atoms with van der Waals surface area (Å²) in [7, 11) is -2.26. The molecule has 2 rings (SSSR count). The van der Waals surface area contributed by atoms with Crippen LogP contribution in [0, 0.1) is 0 Å². The molecule has 148 valence electrons. The van der Waals surface area contributed by atoms with E-state index < -0.39 is 16.1 Å². The van der Waals surface area contributed by atoms with Gasteiger partial charge >= 0.3 is 6.03 Å². The maximum atomic E-state index is 12.0. The third kappa shape index (κ3) is 5.26. The molecule has 0 bridgehead atoms. The molecule has 2 atom stereocenters. The highest BCUT2D eigenvalue weighted by molar-refractivity contribution is 7.94. The Morgan fingerprint density at radius 2 is 2.23 bits per heavy atom. The highest BCUT2D eigenvalue weighted by Crippen LogP contribution is 2.25. The van der Waals surface area contributed by atoms with Crippen molar-refractivity contribution in [3.05, 3.63) is 10.5 Å². The average molecular weight is 388 g/mol. The summed E-state index contributed by atoms with van der Waals surface area (Å²) >= 11 is 0. The summed E-state index contributed by atoms with van der Waals surface area (Å²) in [6.07, 6.45) is 4.63. The van der Waals surface area contributed by atoms with Crippen LogP contribution in [0.25, 0.3) is 0 Å². The maximum Gasteiger partial charge on any atom is 0.326 e. The number of sulfonamides is 1. The van der Waals surface area contributed by atoms with Gasteiger partial charge in [0, 0.05) is 32.5 Å². The van der Waals surface area contributed by atoms with Crippen molar-refractivity contribution in [3.63, 3.8) is 0 Å². The number of aliphatic hydroxyl groups is 1. The van der Waals surface area contributed by atoms with Gasteiger partial charge in [-0.15, -0.1) is 0 Å². The van der Waals surface area contributed by atoms with Gasteiger partial charge in [-0.1, -0.05) is 0 Å². The number of amides is 2. The van der Waals surface area contributed by atoms with Crippen LogP contribution in [-0.2, 0) is 14.8 Å². The minimum atomic E-state index is -3.95. The van der Waals surface area contributed by atoms with Crippen LogP contribution in [0.3, 0.4) is 0 Å². The number of urea groups is 1. The predicted octanol–water partition coefficient (Wildman–Crippen LogP) is -0.0366. The topological polar surface area (TPSA) is 134 Å². The molecule has 0 aromatic heterocycles. The summed E-state index contributed by atoms with van der Waals surface area (Å²) in [6, 6.07) is -0.983. The van der Waals surface area contributed by atoms with Crippen LogP contribution in [0.5, 0.6) is 0 Å². The van der Waals surface area contributed by atoms with E-state index in [4.69, 9.17) is 10.5 Å². The van der Waals surface area contributed by atoms with Gasteiger partial charge in [-0.05, 0) is 38.2 Å². The number of hydrogen-bond donors (Lipinski definition) is 3. The summed E-state index contributed by atoms with van der Waals surface area (Å²) in [5.41, 5.74) is 5.55. The Hall–Kier alpha value is -1.49. The number of carbonyl (C=O) groups excluding carboxylic acids is 1. The van der Waals surface area contributed by atoms with Gasteiger partial charge in [-0.2, -0.15) is 0 Å². The van der Waals surface area contributed by atoms with Crippen molar-refractivity contribution in [2.75, 3.05) is 26.8 Å². The smallest absolute Gasteiger partial charge is 0.326 e. The molecule has 1 fully saturated rings. The zero-order valence-electron chi connectivity index (χ0n) is 15.2. The highest BCUT2D eigenvalue weighted by atomic mass is 32.2. The maximum absolute atomic E-state index is 12.0. The number of nitrogens with one attached hydrogen (secondary N) is 1. The van der Waals surface area contributed by atoms with Crippen LogP contribution in [0.15, 0.2) is 15.5 Å². The minimum Gasteiger partial charge on any atom is -0.395 e. The number of methoxy groups -OCH3 is 1. The number of allylic oxidation sites excluding steroid dienone is 1. The van der Waals surface area contributed by atoms with Crippen LogP contribution >= 0.6 is 0 Å². The van der Waals surface area contributed by atoms with Crippen molar-refractivity contribution in [2.45, 2.75) is 50.8 Å². The molecule has 9 nitrogen and oxygen atoms in total. The predicted molar refractivity (Wildman–Crippen MR) is 98.3 cm³/mol. The molecule has 2 aliphatic rings. The highest BCUT2D eigenvalue weighted by Gasteiger charge is 2.32. The molecule has 0 aromatic carbocycles. The molecule has 26 heavy (non-hydrogen) atoms. The zero-order chi connectivity index (χ0) is 19.3. The molecule has 1 saturated heterocycles. The van der Waals surface area contributed by atoms with E-state index in [9.17, 15) is 18.3 Å². The van der Waals surface area contributed by atoms with Crippen LogP contribution in [0.2, 0.25) is 0 Å². The standard InChI is InChI=1S/C16H28N4O5S/c1-11-6-12(18-7-15(11)26(23,24)19-16(17)22)4-3-5-13(10-21)20-8-14(9-20)25-2/h7,12-14,21H,3-6,8-10H2,1-2H3,(H3,17,19,22)/t12?,13-/m1/s1. The second-order valence-corrected chi connectivity index (χ2v) is 8.48. The number of aliphatic hydroxyl groups excluding tert-OH is 1. The number of ether oxygens (including phenoxy) is 1. The first kappa shape index (κ1) is 20.8. The number of nitrogens with two attached hydrogens (primary N) is 1. The van der Waals surface area contributed by atoms with Crippen LogP contribution in [0.4, 0.5) is 4.79 Å². The van der Waals surface area contributed by atoms with Gasteiger partial charge in [0.05, 0.1) is 18.8 Å². The van der Waals surface area contributed by atoms with Crippen LogP contribution < -0.4 is 10.5 Å². The van der Waals surface area contributed by atoms with Gasteiger partial charge in [0.1, 0.15) is 4.91 Å². The van der Waals surface area contributed by atoms with Gasteiger partial charge in [0.2, 0.25) is 0 Å². The van der Waals surface area contributed by atoms with E-state index in [-0.39, 0.29) is 29.7 Å². The fourth-order valence-corrected chi connectivity index (χ4v) is 4.46. The number of hydrogen-bond acceptors (Lipinski definition) is 7. The molecule has 2 amide bonds. The first-order valence-corrected chi connectivity index (χ1v) is 10.2. The Kier molecular flexibility index (Phi) is 7.16. The molecule has 10 heteroatoms. The number of aliphatic imine (C=N–C) groups is 1. The van der Waals surface area contributed by atoms with Gasteiger partial charge in [-0.3, -0.25) is 9.89 Å². The quantitative estimate of drug-likeness (QED) is 0.507. The van der Waals surface area contributed by atoms with E-state index in [1.54, 1.807) is 18.8 Å². The van der Waals surface area contributed by atoms with Crippen LogP contribution in [0.1, 0.15) is 32.6 Å². The van der Waals surface area contributed by atoms with Crippen molar-refractivity contribution in [1.29, 1.82) is 0 Å². The largest absolute Gasteiger partial charge is 0.395 e. The summed E-state index contributed by atoms with van der Waals surface area (Å²) in [6.45, 7) is 3.53. The van der Waals surface area contributed by atoms with Crippen molar-refractivity contribution in [3.8, 4) is 0 Å². The number of likely N-dealkylation sites (tertiary alicyclic amines) is 1. The second kappa shape index (κ2) is 8.94. The number of carbonyl (C=O) groups is 1. The fraction of sp³-hybridized carbons (Fsp3) is 0.750. The molecule has 0 aromatic rings. The lowest BCUT2D eigenvalue weighted by molar-refractivity contribution is -0.0623. The van der Waals surface area contributed by atoms with E-state index in [1.165, 1.54) is 6.21 Å². The third-order valence-electron chi connectivity index (χ3n) is 4.90. The number of rotatable bonds is 9. The first-order chi connectivity index (χ1) is 12.3. The lowest BCUT2D eigenvalue weighted by Gasteiger charge is -2.43. The summed E-state index contributed by atoms with van der Waals surface area (Å²) in [5, 5.41) is 9.56. The summed E-state index contributed by atoms with van der Waals surface area (Å²) < 4.78 is 31.0. The van der Waals surface area contributed by atoms with Crippen molar-refractivity contribution < 1.29 is 23.1 Å². The Balaban J connectivity index is 1.81. The third-order valence-corrected chi connectivity index (χ3v) is 6.40. The van der Waals surface area contributed by atoms with Gasteiger partial charge in [-0.25, -0.2) is 17.9 Å². The monoisotopic (exact) mass is 388 g/mol. The fourth-order valence-electron chi connectivity index (χ4n) is 3.35. The molecule has 0 spiro atoms. The van der Waals surface area contributed by atoms with Crippen molar-refractivity contribution in [2.24, 2.45) is 10.7 Å².